The van der Waals surface area contributed by atoms with Crippen LogP contribution in [0.3, 0.4) is 0 Å². The highest BCUT2D eigenvalue weighted by molar-refractivity contribution is 5.76. The Morgan fingerprint density at radius 3 is 1.56 bits per heavy atom. The average molecular weight is 495 g/mol. The number of rotatable bonds is 15. The van der Waals surface area contributed by atoms with Crippen molar-refractivity contribution in [3.05, 3.63) is 0 Å². The molecule has 1 fully saturated rings. The van der Waals surface area contributed by atoms with Gasteiger partial charge >= 0.3 is 0 Å². The van der Waals surface area contributed by atoms with Crippen molar-refractivity contribution in [3.63, 3.8) is 0 Å². The fourth-order valence-electron chi connectivity index (χ4n) is 3.97. The molecule has 27 heavy (non-hydrogen) atoms. The third kappa shape index (κ3) is 13.1. The zero-order valence-corrected chi connectivity index (χ0v) is 20.8. The molecule has 0 spiro atoms. The van der Waals surface area contributed by atoms with E-state index in [4.69, 9.17) is 0 Å². The molecular formula is C23H47IN2O. The van der Waals surface area contributed by atoms with E-state index >= 15 is 0 Å². The van der Waals surface area contributed by atoms with Crippen molar-refractivity contribution in [2.75, 3.05) is 39.8 Å². The predicted octanol–water partition coefficient (Wildman–Crippen LogP) is 2.78. The summed E-state index contributed by atoms with van der Waals surface area (Å²) in [6, 6.07) is 0. The Labute approximate surface area is 187 Å². The quantitative estimate of drug-likeness (QED) is 0.195. The van der Waals surface area contributed by atoms with Crippen LogP contribution in [0.1, 0.15) is 104 Å². The standard InChI is InChI=1S/C23H47N2O.HI/c1-4-6-7-8-9-10-11-12-13-14-15-16-17-18-23(26)24-19-21-25(3,5-2)22-20-24;/h4-22H2,1-3H3;1H/q+1;/p-1. The fraction of sp³-hybridized carbons (Fsp3) is 0.957. The summed E-state index contributed by atoms with van der Waals surface area (Å²) in [6.45, 7) is 9.89. The summed E-state index contributed by atoms with van der Waals surface area (Å²) in [5.41, 5.74) is 0. The zero-order chi connectivity index (χ0) is 19.1. The van der Waals surface area contributed by atoms with Crippen molar-refractivity contribution in [2.45, 2.75) is 104 Å². The van der Waals surface area contributed by atoms with Crippen molar-refractivity contribution < 1.29 is 33.3 Å². The van der Waals surface area contributed by atoms with Crippen LogP contribution in [0.2, 0.25) is 0 Å². The molecule has 1 heterocycles. The molecule has 0 N–H and O–H groups in total. The van der Waals surface area contributed by atoms with E-state index in [0.29, 0.717) is 5.91 Å². The molecule has 0 bridgehead atoms. The average Bonchev–Trinajstić information content (AvgIpc) is 2.66. The van der Waals surface area contributed by atoms with Crippen molar-refractivity contribution in [2.24, 2.45) is 0 Å². The Morgan fingerprint density at radius 1 is 0.741 bits per heavy atom. The van der Waals surface area contributed by atoms with Crippen LogP contribution in [-0.2, 0) is 4.79 Å². The molecule has 0 aromatic rings. The molecule has 1 saturated heterocycles. The molecule has 0 aromatic carbocycles. The lowest BCUT2D eigenvalue weighted by Gasteiger charge is -2.41. The molecule has 4 heteroatoms. The van der Waals surface area contributed by atoms with Gasteiger partial charge in [0.1, 0.15) is 0 Å². The summed E-state index contributed by atoms with van der Waals surface area (Å²) in [5, 5.41) is 0. The van der Waals surface area contributed by atoms with Gasteiger partial charge in [0.25, 0.3) is 0 Å². The van der Waals surface area contributed by atoms with Gasteiger partial charge in [-0.05, 0) is 13.3 Å². The van der Waals surface area contributed by atoms with Gasteiger partial charge in [0.2, 0.25) is 5.91 Å². The van der Waals surface area contributed by atoms with Crippen LogP contribution in [-0.4, -0.2) is 55.1 Å². The maximum atomic E-state index is 12.3. The van der Waals surface area contributed by atoms with E-state index in [2.05, 4.69) is 25.8 Å². The van der Waals surface area contributed by atoms with Gasteiger partial charge in [0, 0.05) is 6.42 Å². The van der Waals surface area contributed by atoms with Crippen LogP contribution in [0.4, 0.5) is 0 Å². The molecule has 0 unspecified atom stereocenters. The number of carbonyl (C=O) groups is 1. The molecule has 0 atom stereocenters. The van der Waals surface area contributed by atoms with E-state index in [-0.39, 0.29) is 24.0 Å². The first-order valence-corrected chi connectivity index (χ1v) is 11.7. The number of quaternary nitrogens is 1. The van der Waals surface area contributed by atoms with E-state index in [1.54, 1.807) is 0 Å². The monoisotopic (exact) mass is 494 g/mol. The van der Waals surface area contributed by atoms with Crippen LogP contribution in [0.5, 0.6) is 0 Å². The minimum Gasteiger partial charge on any atom is -1.00 e. The summed E-state index contributed by atoms with van der Waals surface area (Å²) in [6.07, 6.45) is 18.5. The third-order valence-corrected chi connectivity index (χ3v) is 6.43. The summed E-state index contributed by atoms with van der Waals surface area (Å²) in [4.78, 5) is 14.4. The van der Waals surface area contributed by atoms with Crippen LogP contribution >= 0.6 is 0 Å². The molecule has 0 saturated carbocycles. The van der Waals surface area contributed by atoms with E-state index < -0.39 is 0 Å². The van der Waals surface area contributed by atoms with Crippen molar-refractivity contribution in [1.29, 1.82) is 0 Å². The highest BCUT2D eigenvalue weighted by atomic mass is 127. The Kier molecular flexibility index (Phi) is 17.2. The molecule has 1 amide bonds. The number of hydrogen-bond donors (Lipinski definition) is 0. The topological polar surface area (TPSA) is 20.3 Å². The number of halogens is 1. The Morgan fingerprint density at radius 2 is 1.15 bits per heavy atom. The summed E-state index contributed by atoms with van der Waals surface area (Å²) in [7, 11) is 2.31. The van der Waals surface area contributed by atoms with Gasteiger partial charge in [-0.15, -0.1) is 0 Å². The highest BCUT2D eigenvalue weighted by Crippen LogP contribution is 2.14. The van der Waals surface area contributed by atoms with Crippen LogP contribution in [0, 0.1) is 0 Å². The largest absolute Gasteiger partial charge is 1.00 e. The van der Waals surface area contributed by atoms with Crippen molar-refractivity contribution >= 4 is 5.91 Å². The van der Waals surface area contributed by atoms with Gasteiger partial charge in [-0.2, -0.15) is 0 Å². The SMILES string of the molecule is CCCCCCCCCCCCCCCC(=O)N1CC[N+](C)(CC)CC1.[I-]. The predicted molar refractivity (Wildman–Crippen MR) is 113 cm³/mol. The van der Waals surface area contributed by atoms with Crippen molar-refractivity contribution in [3.8, 4) is 0 Å². The Balaban J connectivity index is 0.00000676. The van der Waals surface area contributed by atoms with Crippen LogP contribution in [0.15, 0.2) is 0 Å². The molecule has 1 aliphatic heterocycles. The molecule has 3 nitrogen and oxygen atoms in total. The smallest absolute Gasteiger partial charge is 0.222 e. The first-order valence-electron chi connectivity index (χ1n) is 11.7. The van der Waals surface area contributed by atoms with Crippen LogP contribution in [0.25, 0.3) is 0 Å². The van der Waals surface area contributed by atoms with Gasteiger partial charge < -0.3 is 33.4 Å². The lowest BCUT2D eigenvalue weighted by Crippen LogP contribution is -3.00. The first kappa shape index (κ1) is 27.2. The summed E-state index contributed by atoms with van der Waals surface area (Å²) in [5.74, 6) is 0.399. The lowest BCUT2D eigenvalue weighted by molar-refractivity contribution is -0.911. The molecule has 1 rings (SSSR count). The van der Waals surface area contributed by atoms with Gasteiger partial charge in [0.05, 0.1) is 39.8 Å². The molecule has 1 aliphatic rings. The summed E-state index contributed by atoms with van der Waals surface area (Å²) < 4.78 is 1.13. The molecule has 0 radical (unpaired) electrons. The van der Waals surface area contributed by atoms with E-state index in [1.165, 1.54) is 83.6 Å². The van der Waals surface area contributed by atoms with Gasteiger partial charge in [-0.3, -0.25) is 4.79 Å². The zero-order valence-electron chi connectivity index (χ0n) is 18.6. The molecule has 0 aliphatic carbocycles. The van der Waals surface area contributed by atoms with E-state index in [0.717, 1.165) is 43.5 Å². The maximum Gasteiger partial charge on any atom is 0.222 e. The number of piperazine rings is 1. The second-order valence-electron chi connectivity index (χ2n) is 8.76. The van der Waals surface area contributed by atoms with E-state index in [9.17, 15) is 4.79 Å². The number of hydrogen-bond acceptors (Lipinski definition) is 1. The number of likely N-dealkylation sites (N-methyl/N-ethyl adjacent to an activating group) is 1. The number of unbranched alkanes of at least 4 members (excludes halogenated alkanes) is 12. The van der Waals surface area contributed by atoms with Gasteiger partial charge in [-0.25, -0.2) is 0 Å². The second-order valence-corrected chi connectivity index (χ2v) is 8.76. The Bertz CT molecular complexity index is 354. The third-order valence-electron chi connectivity index (χ3n) is 6.43. The summed E-state index contributed by atoms with van der Waals surface area (Å²) >= 11 is 0. The highest BCUT2D eigenvalue weighted by Gasteiger charge is 2.28. The second kappa shape index (κ2) is 17.1. The fourth-order valence-corrected chi connectivity index (χ4v) is 3.97. The number of amides is 1. The molecular weight excluding hydrogens is 447 g/mol. The number of carbonyl (C=O) groups excluding carboxylic acids is 1. The number of nitrogens with zero attached hydrogens (tertiary/aromatic N) is 2. The van der Waals surface area contributed by atoms with Crippen LogP contribution < -0.4 is 24.0 Å². The minimum absolute atomic E-state index is 0. The maximum absolute atomic E-state index is 12.3. The van der Waals surface area contributed by atoms with Crippen molar-refractivity contribution in [1.82, 2.24) is 4.90 Å². The van der Waals surface area contributed by atoms with E-state index in [1.807, 2.05) is 0 Å². The normalized spacial score (nSPS) is 16.2. The minimum atomic E-state index is 0. The first-order chi connectivity index (χ1) is 12.6. The van der Waals surface area contributed by atoms with Gasteiger partial charge in [0.15, 0.2) is 0 Å². The molecule has 162 valence electrons. The van der Waals surface area contributed by atoms with Gasteiger partial charge in [-0.1, -0.05) is 84.0 Å². The Hall–Kier alpha value is 0.160. The molecule has 0 aromatic heterocycles. The lowest BCUT2D eigenvalue weighted by atomic mass is 10.0.